The topological polar surface area (TPSA) is 83.4 Å². The van der Waals surface area contributed by atoms with Crippen molar-refractivity contribution in [2.75, 3.05) is 13.1 Å². The zero-order valence-corrected chi connectivity index (χ0v) is 12.8. The average Bonchev–Trinajstić information content (AvgIpc) is 2.80. The lowest BCUT2D eigenvalue weighted by molar-refractivity contribution is -0.142. The molecule has 1 fully saturated rings. The van der Waals surface area contributed by atoms with Gasteiger partial charge < -0.3 is 10.0 Å². The van der Waals surface area contributed by atoms with Crippen LogP contribution in [0.5, 0.6) is 0 Å². The summed E-state index contributed by atoms with van der Waals surface area (Å²) in [5, 5.41) is 9.17. The second-order valence-electron chi connectivity index (χ2n) is 6.00. The summed E-state index contributed by atoms with van der Waals surface area (Å²) in [5.74, 6) is -0.811. The summed E-state index contributed by atoms with van der Waals surface area (Å²) < 4.78 is 0. The Kier molecular flexibility index (Phi) is 4.25. The van der Waals surface area contributed by atoms with Crippen molar-refractivity contribution in [2.45, 2.75) is 33.6 Å². The molecule has 0 saturated carbocycles. The van der Waals surface area contributed by atoms with Gasteiger partial charge in [0.25, 0.3) is 5.91 Å². The molecule has 0 bridgehead atoms. The number of hydrogen-bond donors (Lipinski definition) is 1. The molecule has 2 heterocycles. The molecule has 1 aliphatic rings. The SMILES string of the molecule is Cc1ncc(C(=O)N2C[C@@H](C)[C@H](C(=O)O)C2)c(C(C)C)n1. The first-order valence-corrected chi connectivity index (χ1v) is 7.16. The Bertz CT molecular complexity index is 571. The fourth-order valence-corrected chi connectivity index (χ4v) is 2.72. The summed E-state index contributed by atoms with van der Waals surface area (Å²) in [6.07, 6.45) is 1.55. The highest BCUT2D eigenvalue weighted by Gasteiger charge is 2.38. The molecular formula is C15H21N3O3. The molecule has 114 valence electrons. The maximum Gasteiger partial charge on any atom is 0.308 e. The van der Waals surface area contributed by atoms with Gasteiger partial charge in [0.2, 0.25) is 0 Å². The number of carboxylic acids is 1. The number of carboxylic acid groups (broad SMARTS) is 1. The highest BCUT2D eigenvalue weighted by molar-refractivity contribution is 5.95. The van der Waals surface area contributed by atoms with Crippen molar-refractivity contribution in [3.63, 3.8) is 0 Å². The van der Waals surface area contributed by atoms with Crippen molar-refractivity contribution in [1.29, 1.82) is 0 Å². The third-order valence-corrected chi connectivity index (χ3v) is 3.93. The van der Waals surface area contributed by atoms with Crippen molar-refractivity contribution in [3.8, 4) is 0 Å². The number of aromatic nitrogens is 2. The van der Waals surface area contributed by atoms with Crippen LogP contribution in [-0.4, -0.2) is 44.9 Å². The van der Waals surface area contributed by atoms with Crippen LogP contribution in [0.4, 0.5) is 0 Å². The van der Waals surface area contributed by atoms with E-state index >= 15 is 0 Å². The Morgan fingerprint density at radius 2 is 2.05 bits per heavy atom. The summed E-state index contributed by atoms with van der Waals surface area (Å²) in [4.78, 5) is 33.9. The lowest BCUT2D eigenvalue weighted by Crippen LogP contribution is -2.31. The summed E-state index contributed by atoms with van der Waals surface area (Å²) in [6, 6.07) is 0. The number of carbonyl (C=O) groups excluding carboxylic acids is 1. The molecule has 1 aromatic heterocycles. The second kappa shape index (κ2) is 5.79. The zero-order chi connectivity index (χ0) is 15.7. The van der Waals surface area contributed by atoms with E-state index in [-0.39, 0.29) is 24.3 Å². The summed E-state index contributed by atoms with van der Waals surface area (Å²) in [7, 11) is 0. The molecule has 0 unspecified atom stereocenters. The van der Waals surface area contributed by atoms with Gasteiger partial charge in [-0.25, -0.2) is 9.97 Å². The average molecular weight is 291 g/mol. The molecule has 0 aliphatic carbocycles. The zero-order valence-electron chi connectivity index (χ0n) is 12.8. The Hall–Kier alpha value is -1.98. The Morgan fingerprint density at radius 1 is 1.38 bits per heavy atom. The van der Waals surface area contributed by atoms with Crippen LogP contribution in [0, 0.1) is 18.8 Å². The molecule has 2 atom stereocenters. The van der Waals surface area contributed by atoms with E-state index in [9.17, 15) is 14.7 Å². The summed E-state index contributed by atoms with van der Waals surface area (Å²) in [6.45, 7) is 8.32. The minimum atomic E-state index is -0.845. The highest BCUT2D eigenvalue weighted by atomic mass is 16.4. The van der Waals surface area contributed by atoms with Gasteiger partial charge in [-0.3, -0.25) is 9.59 Å². The van der Waals surface area contributed by atoms with Crippen molar-refractivity contribution in [2.24, 2.45) is 11.8 Å². The molecule has 2 rings (SSSR count). The summed E-state index contributed by atoms with van der Waals surface area (Å²) >= 11 is 0. The number of aryl methyl sites for hydroxylation is 1. The van der Waals surface area contributed by atoms with Crippen molar-refractivity contribution < 1.29 is 14.7 Å². The predicted octanol–water partition coefficient (Wildman–Crippen LogP) is 1.70. The predicted molar refractivity (Wildman–Crippen MR) is 77.1 cm³/mol. The van der Waals surface area contributed by atoms with E-state index in [1.165, 1.54) is 0 Å². The molecule has 21 heavy (non-hydrogen) atoms. The monoisotopic (exact) mass is 291 g/mol. The minimum Gasteiger partial charge on any atom is -0.481 e. The standard InChI is InChI=1S/C15H21N3O3/c1-8(2)13-11(5-16-10(4)17-13)14(19)18-6-9(3)12(7-18)15(20)21/h5,8-9,12H,6-7H2,1-4H3,(H,20,21)/t9-,12-/m1/s1. The fraction of sp³-hybridized carbons (Fsp3) is 0.600. The van der Waals surface area contributed by atoms with Crippen LogP contribution in [0.1, 0.15) is 48.6 Å². The van der Waals surface area contributed by atoms with E-state index < -0.39 is 11.9 Å². The molecule has 6 heteroatoms. The van der Waals surface area contributed by atoms with Crippen molar-refractivity contribution >= 4 is 11.9 Å². The van der Waals surface area contributed by atoms with Crippen LogP contribution in [0.3, 0.4) is 0 Å². The van der Waals surface area contributed by atoms with Crippen molar-refractivity contribution in [1.82, 2.24) is 14.9 Å². The maximum absolute atomic E-state index is 12.7. The lowest BCUT2D eigenvalue weighted by Gasteiger charge is -2.19. The number of likely N-dealkylation sites (tertiary alicyclic amines) is 1. The van der Waals surface area contributed by atoms with Crippen LogP contribution in [0.2, 0.25) is 0 Å². The van der Waals surface area contributed by atoms with Gasteiger partial charge in [0.05, 0.1) is 17.2 Å². The van der Waals surface area contributed by atoms with E-state index in [2.05, 4.69) is 9.97 Å². The van der Waals surface area contributed by atoms with Gasteiger partial charge in [-0.05, 0) is 18.8 Å². The Morgan fingerprint density at radius 3 is 2.57 bits per heavy atom. The van der Waals surface area contributed by atoms with Crippen LogP contribution in [0.25, 0.3) is 0 Å². The smallest absolute Gasteiger partial charge is 0.308 e. The number of hydrogen-bond acceptors (Lipinski definition) is 4. The van der Waals surface area contributed by atoms with Gasteiger partial charge in [-0.2, -0.15) is 0 Å². The molecule has 0 aromatic carbocycles. The molecule has 0 spiro atoms. The van der Waals surface area contributed by atoms with Crippen molar-refractivity contribution in [3.05, 3.63) is 23.3 Å². The first-order valence-electron chi connectivity index (χ1n) is 7.16. The van der Waals surface area contributed by atoms with Gasteiger partial charge in [-0.15, -0.1) is 0 Å². The van der Waals surface area contributed by atoms with Crippen LogP contribution >= 0.6 is 0 Å². The second-order valence-corrected chi connectivity index (χ2v) is 6.00. The van der Waals surface area contributed by atoms with Crippen LogP contribution in [-0.2, 0) is 4.79 Å². The van der Waals surface area contributed by atoms with E-state index in [1.807, 2.05) is 20.8 Å². The van der Waals surface area contributed by atoms with E-state index in [0.717, 1.165) is 5.69 Å². The largest absolute Gasteiger partial charge is 0.481 e. The molecule has 1 aromatic rings. The molecule has 0 radical (unpaired) electrons. The third-order valence-electron chi connectivity index (χ3n) is 3.93. The quantitative estimate of drug-likeness (QED) is 0.916. The molecule has 1 N–H and O–H groups in total. The number of carbonyl (C=O) groups is 2. The van der Waals surface area contributed by atoms with Gasteiger partial charge in [-0.1, -0.05) is 20.8 Å². The van der Waals surface area contributed by atoms with Gasteiger partial charge >= 0.3 is 5.97 Å². The highest BCUT2D eigenvalue weighted by Crippen LogP contribution is 2.26. The van der Waals surface area contributed by atoms with E-state index in [0.29, 0.717) is 17.9 Å². The number of amides is 1. The normalized spacial score (nSPS) is 21.9. The minimum absolute atomic E-state index is 0.0414. The molecular weight excluding hydrogens is 270 g/mol. The fourth-order valence-electron chi connectivity index (χ4n) is 2.72. The Labute approximate surface area is 124 Å². The number of aliphatic carboxylic acids is 1. The lowest BCUT2D eigenvalue weighted by atomic mass is 9.99. The summed E-state index contributed by atoms with van der Waals surface area (Å²) in [5.41, 5.74) is 1.20. The van der Waals surface area contributed by atoms with E-state index in [4.69, 9.17) is 0 Å². The number of rotatable bonds is 3. The van der Waals surface area contributed by atoms with Crippen LogP contribution in [0.15, 0.2) is 6.20 Å². The van der Waals surface area contributed by atoms with Gasteiger partial charge in [0.15, 0.2) is 0 Å². The third kappa shape index (κ3) is 3.04. The first-order chi connectivity index (χ1) is 9.81. The maximum atomic E-state index is 12.7. The van der Waals surface area contributed by atoms with Gasteiger partial charge in [0.1, 0.15) is 5.82 Å². The van der Waals surface area contributed by atoms with Crippen LogP contribution < -0.4 is 0 Å². The molecule has 6 nitrogen and oxygen atoms in total. The molecule has 1 saturated heterocycles. The Balaban J connectivity index is 2.28. The van der Waals surface area contributed by atoms with Gasteiger partial charge in [0, 0.05) is 19.3 Å². The first kappa shape index (κ1) is 15.4. The number of nitrogens with zero attached hydrogens (tertiary/aromatic N) is 3. The molecule has 1 aliphatic heterocycles. The molecule has 1 amide bonds. The van der Waals surface area contributed by atoms with E-state index in [1.54, 1.807) is 18.0 Å².